The third-order valence-electron chi connectivity index (χ3n) is 3.41. The Kier molecular flexibility index (Phi) is 5.36. The number of aryl methyl sites for hydroxylation is 1. The van der Waals surface area contributed by atoms with Crippen molar-refractivity contribution in [3.63, 3.8) is 0 Å². The van der Waals surface area contributed by atoms with Crippen LogP contribution < -0.4 is 5.32 Å². The number of hydrogen-bond acceptors (Lipinski definition) is 2. The number of nitrogens with zero attached hydrogens (tertiary/aromatic N) is 1. The summed E-state index contributed by atoms with van der Waals surface area (Å²) in [5.74, 6) is -0.980. The summed E-state index contributed by atoms with van der Waals surface area (Å²) < 4.78 is 2.12. The Morgan fingerprint density at radius 3 is 2.35 bits per heavy atom. The van der Waals surface area contributed by atoms with E-state index in [1.54, 1.807) is 0 Å². The van der Waals surface area contributed by atoms with Gasteiger partial charge in [0.15, 0.2) is 0 Å². The molecule has 0 saturated heterocycles. The van der Waals surface area contributed by atoms with Gasteiger partial charge in [-0.2, -0.15) is 0 Å². The van der Waals surface area contributed by atoms with E-state index in [9.17, 15) is 9.59 Å². The minimum absolute atomic E-state index is 0.0620. The molecule has 1 aromatic rings. The number of amides is 1. The fourth-order valence-corrected chi connectivity index (χ4v) is 2.52. The number of carbonyl (C=O) groups is 2. The van der Waals surface area contributed by atoms with Crippen molar-refractivity contribution in [1.82, 2.24) is 9.88 Å². The number of rotatable bonds is 6. The van der Waals surface area contributed by atoms with Gasteiger partial charge in [0.1, 0.15) is 0 Å². The third-order valence-corrected chi connectivity index (χ3v) is 3.41. The first kappa shape index (κ1) is 16.3. The van der Waals surface area contributed by atoms with Crippen molar-refractivity contribution in [2.45, 2.75) is 59.5 Å². The van der Waals surface area contributed by atoms with Gasteiger partial charge >= 0.3 is 5.97 Å². The number of nitrogens with one attached hydrogen (secondary N) is 1. The Bertz CT molecular complexity index is 503. The highest BCUT2D eigenvalue weighted by Crippen LogP contribution is 2.20. The second kappa shape index (κ2) is 6.59. The van der Waals surface area contributed by atoms with E-state index in [0.29, 0.717) is 18.0 Å². The second-order valence-corrected chi connectivity index (χ2v) is 5.56. The molecule has 1 amide bonds. The summed E-state index contributed by atoms with van der Waals surface area (Å²) in [4.78, 5) is 22.8. The van der Waals surface area contributed by atoms with Gasteiger partial charge in [0.05, 0.1) is 5.56 Å². The molecule has 0 bridgehead atoms. The molecular formula is C15H24N2O3. The average Bonchev–Trinajstić information content (AvgIpc) is 2.62. The van der Waals surface area contributed by atoms with Crippen molar-refractivity contribution >= 4 is 11.9 Å². The van der Waals surface area contributed by atoms with Crippen molar-refractivity contribution in [2.24, 2.45) is 0 Å². The van der Waals surface area contributed by atoms with Crippen molar-refractivity contribution < 1.29 is 14.7 Å². The van der Waals surface area contributed by atoms with E-state index in [2.05, 4.69) is 23.7 Å². The zero-order valence-corrected chi connectivity index (χ0v) is 12.9. The Labute approximate surface area is 120 Å². The van der Waals surface area contributed by atoms with Crippen LogP contribution in [0.1, 0.15) is 61.4 Å². The molecule has 0 saturated carbocycles. The average molecular weight is 280 g/mol. The fraction of sp³-hybridized carbons (Fsp3) is 0.600. The monoisotopic (exact) mass is 280 g/mol. The van der Waals surface area contributed by atoms with E-state index in [-0.39, 0.29) is 18.4 Å². The molecule has 0 radical (unpaired) electrons. The standard InChI is InChI=1S/C15H24N2O3/c1-9(2)17-11(4)8-13(12(17)5)15(20)16-10(3)6-7-14(18)19/h8-10H,6-7H2,1-5H3,(H,16,20)(H,18,19). The van der Waals surface area contributed by atoms with Gasteiger partial charge in [0.25, 0.3) is 5.91 Å². The molecule has 5 nitrogen and oxygen atoms in total. The summed E-state index contributed by atoms with van der Waals surface area (Å²) in [6.07, 6.45) is 0.496. The Hall–Kier alpha value is -1.78. The van der Waals surface area contributed by atoms with Crippen LogP contribution in [0, 0.1) is 13.8 Å². The van der Waals surface area contributed by atoms with Crippen LogP contribution in [0.4, 0.5) is 0 Å². The number of aromatic nitrogens is 1. The number of carboxylic acids is 1. The summed E-state index contributed by atoms with van der Waals surface area (Å²) in [6.45, 7) is 9.90. The molecular weight excluding hydrogens is 256 g/mol. The van der Waals surface area contributed by atoms with Crippen LogP contribution in [0.15, 0.2) is 6.07 Å². The first-order chi connectivity index (χ1) is 9.23. The van der Waals surface area contributed by atoms with E-state index in [1.807, 2.05) is 26.8 Å². The normalized spacial score (nSPS) is 12.5. The third kappa shape index (κ3) is 3.85. The van der Waals surface area contributed by atoms with Crippen LogP contribution >= 0.6 is 0 Å². The molecule has 0 aliphatic carbocycles. The maximum absolute atomic E-state index is 12.2. The molecule has 0 aliphatic rings. The minimum Gasteiger partial charge on any atom is -0.481 e. The predicted molar refractivity (Wildman–Crippen MR) is 78.1 cm³/mol. The summed E-state index contributed by atoms with van der Waals surface area (Å²) >= 11 is 0. The second-order valence-electron chi connectivity index (χ2n) is 5.56. The molecule has 0 spiro atoms. The van der Waals surface area contributed by atoms with Gasteiger partial charge in [-0.15, -0.1) is 0 Å². The first-order valence-electron chi connectivity index (χ1n) is 6.95. The van der Waals surface area contributed by atoms with Gasteiger partial charge in [-0.1, -0.05) is 0 Å². The molecule has 1 heterocycles. The quantitative estimate of drug-likeness (QED) is 0.841. The smallest absolute Gasteiger partial charge is 0.303 e. The maximum atomic E-state index is 12.2. The topological polar surface area (TPSA) is 71.3 Å². The van der Waals surface area contributed by atoms with Gasteiger partial charge in [0.2, 0.25) is 0 Å². The van der Waals surface area contributed by atoms with E-state index in [1.165, 1.54) is 0 Å². The van der Waals surface area contributed by atoms with Crippen molar-refractivity contribution in [2.75, 3.05) is 0 Å². The van der Waals surface area contributed by atoms with Crippen molar-refractivity contribution in [3.8, 4) is 0 Å². The zero-order chi connectivity index (χ0) is 15.4. The molecule has 0 aliphatic heterocycles. The number of carboxylic acid groups (broad SMARTS) is 1. The van der Waals surface area contributed by atoms with E-state index in [0.717, 1.165) is 11.4 Å². The summed E-state index contributed by atoms with van der Waals surface area (Å²) in [6, 6.07) is 2.04. The minimum atomic E-state index is -0.843. The molecule has 112 valence electrons. The van der Waals surface area contributed by atoms with Gasteiger partial charge in [-0.3, -0.25) is 9.59 Å². The molecule has 20 heavy (non-hydrogen) atoms. The number of hydrogen-bond donors (Lipinski definition) is 2. The van der Waals surface area contributed by atoms with Crippen molar-refractivity contribution in [3.05, 3.63) is 23.0 Å². The largest absolute Gasteiger partial charge is 0.481 e. The molecule has 2 N–H and O–H groups in total. The lowest BCUT2D eigenvalue weighted by Crippen LogP contribution is -2.33. The molecule has 0 aromatic carbocycles. The van der Waals surface area contributed by atoms with Gasteiger partial charge in [-0.05, 0) is 47.1 Å². The Morgan fingerprint density at radius 2 is 1.90 bits per heavy atom. The lowest BCUT2D eigenvalue weighted by atomic mass is 10.1. The highest BCUT2D eigenvalue weighted by atomic mass is 16.4. The van der Waals surface area contributed by atoms with Crippen LogP contribution in [0.5, 0.6) is 0 Å². The lowest BCUT2D eigenvalue weighted by Gasteiger charge is -2.15. The van der Waals surface area contributed by atoms with Crippen LogP contribution in [0.3, 0.4) is 0 Å². The maximum Gasteiger partial charge on any atom is 0.303 e. The molecule has 1 atom stereocenters. The van der Waals surface area contributed by atoms with Crippen LogP contribution in [-0.2, 0) is 4.79 Å². The summed E-state index contributed by atoms with van der Waals surface area (Å²) in [5.41, 5.74) is 2.67. The molecule has 5 heteroatoms. The van der Waals surface area contributed by atoms with Gasteiger partial charge < -0.3 is 15.0 Å². The van der Waals surface area contributed by atoms with Crippen LogP contribution in [0.25, 0.3) is 0 Å². The Balaban J connectivity index is 2.78. The molecule has 1 unspecified atom stereocenters. The molecule has 1 rings (SSSR count). The lowest BCUT2D eigenvalue weighted by molar-refractivity contribution is -0.137. The fourth-order valence-electron chi connectivity index (χ4n) is 2.52. The SMILES string of the molecule is Cc1cc(C(=O)NC(C)CCC(=O)O)c(C)n1C(C)C. The highest BCUT2D eigenvalue weighted by molar-refractivity contribution is 5.95. The van der Waals surface area contributed by atoms with Crippen LogP contribution in [-0.4, -0.2) is 27.6 Å². The van der Waals surface area contributed by atoms with Crippen LogP contribution in [0.2, 0.25) is 0 Å². The highest BCUT2D eigenvalue weighted by Gasteiger charge is 2.18. The zero-order valence-electron chi connectivity index (χ0n) is 12.9. The number of aliphatic carboxylic acids is 1. The van der Waals surface area contributed by atoms with Gasteiger partial charge in [0, 0.05) is 29.9 Å². The summed E-state index contributed by atoms with van der Waals surface area (Å²) in [5, 5.41) is 11.5. The first-order valence-corrected chi connectivity index (χ1v) is 6.95. The molecule has 0 fully saturated rings. The van der Waals surface area contributed by atoms with E-state index < -0.39 is 5.97 Å². The van der Waals surface area contributed by atoms with Crippen molar-refractivity contribution in [1.29, 1.82) is 0 Å². The van der Waals surface area contributed by atoms with E-state index >= 15 is 0 Å². The molecule has 1 aromatic heterocycles. The summed E-state index contributed by atoms with van der Waals surface area (Å²) in [7, 11) is 0. The predicted octanol–water partition coefficient (Wildman–Crippen LogP) is 2.67. The number of carbonyl (C=O) groups excluding carboxylic acids is 1. The van der Waals surface area contributed by atoms with Gasteiger partial charge in [-0.25, -0.2) is 0 Å². The Morgan fingerprint density at radius 1 is 1.30 bits per heavy atom. The van der Waals surface area contributed by atoms with E-state index in [4.69, 9.17) is 5.11 Å².